The van der Waals surface area contributed by atoms with E-state index in [9.17, 15) is 4.79 Å². The fourth-order valence-electron chi connectivity index (χ4n) is 0.768. The average Bonchev–Trinajstić information content (AvgIpc) is 2.38. The van der Waals surface area contributed by atoms with Crippen molar-refractivity contribution in [3.63, 3.8) is 0 Å². The van der Waals surface area contributed by atoms with Crippen LogP contribution in [0.2, 0.25) is 0 Å². The summed E-state index contributed by atoms with van der Waals surface area (Å²) in [6.07, 6.45) is 1.60. The fraction of sp³-hybridized carbons (Fsp3) is 0.500. The smallest absolute Gasteiger partial charge is 0.187 e. The molecule has 0 spiro atoms. The van der Waals surface area contributed by atoms with Crippen LogP contribution in [0, 0.1) is 0 Å². The fourth-order valence-corrected chi connectivity index (χ4v) is 1.07. The van der Waals surface area contributed by atoms with E-state index in [1.165, 1.54) is 6.92 Å². The number of hydrazone groups is 2. The van der Waals surface area contributed by atoms with Gasteiger partial charge in [0.1, 0.15) is 5.71 Å². The molecule has 7 nitrogen and oxygen atoms in total. The zero-order valence-corrected chi connectivity index (χ0v) is 12.7. The third-order valence-electron chi connectivity index (χ3n) is 1.83. The van der Waals surface area contributed by atoms with E-state index in [-0.39, 0.29) is 5.78 Å². The SMILES string of the molecule is C/C=N\NC(=S)NCCNC(=S)N/N=C(\C)C(C)=O. The molecule has 0 unspecified atom stereocenters. The zero-order chi connectivity index (χ0) is 14.7. The number of ketones is 1. The molecule has 4 N–H and O–H groups in total. The predicted molar refractivity (Wildman–Crippen MR) is 85.4 cm³/mol. The van der Waals surface area contributed by atoms with E-state index >= 15 is 0 Å². The minimum atomic E-state index is -0.107. The zero-order valence-electron chi connectivity index (χ0n) is 11.1. The van der Waals surface area contributed by atoms with Gasteiger partial charge in [0.05, 0.1) is 0 Å². The average molecular weight is 302 g/mol. The van der Waals surface area contributed by atoms with Crippen molar-refractivity contribution < 1.29 is 4.79 Å². The Balaban J connectivity index is 3.73. The molecular formula is C10H18N6OS2. The van der Waals surface area contributed by atoms with Gasteiger partial charge in [0.15, 0.2) is 16.0 Å². The minimum Gasteiger partial charge on any atom is -0.360 e. The minimum absolute atomic E-state index is 0.107. The normalized spacial score (nSPS) is 11.0. The molecular weight excluding hydrogens is 284 g/mol. The largest absolute Gasteiger partial charge is 0.360 e. The van der Waals surface area contributed by atoms with Crippen LogP contribution in [0.25, 0.3) is 0 Å². The summed E-state index contributed by atoms with van der Waals surface area (Å²) in [5.41, 5.74) is 5.57. The van der Waals surface area contributed by atoms with Crippen LogP contribution in [-0.2, 0) is 4.79 Å². The van der Waals surface area contributed by atoms with E-state index in [1.807, 2.05) is 0 Å². The van der Waals surface area contributed by atoms with Gasteiger partial charge in [-0.25, -0.2) is 0 Å². The molecule has 0 saturated heterocycles. The Kier molecular flexibility index (Phi) is 9.45. The summed E-state index contributed by atoms with van der Waals surface area (Å²) < 4.78 is 0. The Morgan fingerprint density at radius 1 is 1.11 bits per heavy atom. The van der Waals surface area contributed by atoms with Crippen LogP contribution in [0.15, 0.2) is 10.2 Å². The van der Waals surface area contributed by atoms with Crippen LogP contribution < -0.4 is 21.5 Å². The van der Waals surface area contributed by atoms with Crippen LogP contribution in [-0.4, -0.2) is 41.0 Å². The number of Topliss-reactive ketones (excluding diaryl/α,β-unsaturated/α-hetero) is 1. The lowest BCUT2D eigenvalue weighted by atomic mass is 10.3. The molecule has 0 aliphatic rings. The molecule has 0 aliphatic heterocycles. The Bertz CT molecular complexity index is 393. The third-order valence-corrected chi connectivity index (χ3v) is 2.30. The molecule has 0 aromatic rings. The first-order valence-electron chi connectivity index (χ1n) is 5.58. The van der Waals surface area contributed by atoms with Gasteiger partial charge >= 0.3 is 0 Å². The lowest BCUT2D eigenvalue weighted by Gasteiger charge is -2.09. The van der Waals surface area contributed by atoms with E-state index in [1.54, 1.807) is 20.1 Å². The molecule has 0 radical (unpaired) electrons. The van der Waals surface area contributed by atoms with Gasteiger partial charge in [-0.3, -0.25) is 15.6 Å². The van der Waals surface area contributed by atoms with Gasteiger partial charge in [-0.15, -0.1) is 0 Å². The van der Waals surface area contributed by atoms with Gasteiger partial charge in [-0.1, -0.05) is 0 Å². The van der Waals surface area contributed by atoms with Crippen LogP contribution in [0.3, 0.4) is 0 Å². The number of nitrogens with one attached hydrogen (secondary N) is 4. The second kappa shape index (κ2) is 10.3. The summed E-state index contributed by atoms with van der Waals surface area (Å²) in [5, 5.41) is 14.2. The molecule has 0 atom stereocenters. The Hall–Kier alpha value is -1.61. The summed E-state index contributed by atoms with van der Waals surface area (Å²) in [4.78, 5) is 10.9. The van der Waals surface area contributed by atoms with Gasteiger partial charge in [-0.05, 0) is 38.3 Å². The van der Waals surface area contributed by atoms with Crippen molar-refractivity contribution in [1.29, 1.82) is 0 Å². The first kappa shape index (κ1) is 17.4. The molecule has 0 amide bonds. The lowest BCUT2D eigenvalue weighted by Crippen LogP contribution is -2.40. The molecule has 0 saturated carbocycles. The molecule has 0 fully saturated rings. The second-order valence-corrected chi connectivity index (χ2v) is 4.19. The van der Waals surface area contributed by atoms with Crippen molar-refractivity contribution in [2.75, 3.05) is 13.1 Å². The summed E-state index contributed by atoms with van der Waals surface area (Å²) in [6.45, 7) is 5.96. The Morgan fingerprint density at radius 3 is 2.11 bits per heavy atom. The van der Waals surface area contributed by atoms with Crippen LogP contribution in [0.1, 0.15) is 20.8 Å². The lowest BCUT2D eigenvalue weighted by molar-refractivity contribution is -0.111. The molecule has 106 valence electrons. The van der Waals surface area contributed by atoms with Crippen molar-refractivity contribution in [3.05, 3.63) is 0 Å². The van der Waals surface area contributed by atoms with Crippen molar-refractivity contribution in [3.8, 4) is 0 Å². The van der Waals surface area contributed by atoms with E-state index in [0.717, 1.165) is 0 Å². The van der Waals surface area contributed by atoms with Crippen LogP contribution in [0.4, 0.5) is 0 Å². The van der Waals surface area contributed by atoms with Gasteiger partial charge < -0.3 is 10.6 Å². The highest BCUT2D eigenvalue weighted by molar-refractivity contribution is 7.80. The highest BCUT2D eigenvalue weighted by Gasteiger charge is 1.98. The number of nitrogens with zero attached hydrogens (tertiary/aromatic N) is 2. The summed E-state index contributed by atoms with van der Waals surface area (Å²) >= 11 is 9.91. The molecule has 0 aromatic carbocycles. The van der Waals surface area contributed by atoms with Crippen molar-refractivity contribution in [2.24, 2.45) is 10.2 Å². The van der Waals surface area contributed by atoms with Gasteiger partial charge in [0.2, 0.25) is 0 Å². The number of carbonyl (C=O) groups is 1. The molecule has 0 aromatic heterocycles. The van der Waals surface area contributed by atoms with Gasteiger partial charge in [0, 0.05) is 26.2 Å². The van der Waals surface area contributed by atoms with E-state index in [0.29, 0.717) is 29.0 Å². The molecule has 0 aliphatic carbocycles. The number of hydrogen-bond donors (Lipinski definition) is 4. The highest BCUT2D eigenvalue weighted by Crippen LogP contribution is 1.77. The third kappa shape index (κ3) is 10.0. The van der Waals surface area contributed by atoms with Crippen molar-refractivity contribution in [2.45, 2.75) is 20.8 Å². The van der Waals surface area contributed by atoms with Gasteiger partial charge in [-0.2, -0.15) is 10.2 Å². The standard InChI is InChI=1S/C10H18N6OS2/c1-4-13-15-9(18)11-5-6-12-10(19)16-14-7(2)8(3)17/h4H,5-6H2,1-3H3,(H2,11,15,18)(H2,12,16,19)/b13-4-,14-7+. The first-order chi connectivity index (χ1) is 8.97. The maximum atomic E-state index is 10.9. The number of rotatable bonds is 6. The van der Waals surface area contributed by atoms with Crippen LogP contribution >= 0.6 is 24.4 Å². The highest BCUT2D eigenvalue weighted by atomic mass is 32.1. The molecule has 0 heterocycles. The molecule has 0 rings (SSSR count). The van der Waals surface area contributed by atoms with Crippen molar-refractivity contribution >= 4 is 52.4 Å². The van der Waals surface area contributed by atoms with Crippen molar-refractivity contribution in [1.82, 2.24) is 21.5 Å². The molecule has 19 heavy (non-hydrogen) atoms. The second-order valence-electron chi connectivity index (χ2n) is 3.38. The van der Waals surface area contributed by atoms with Gasteiger partial charge in [0.25, 0.3) is 0 Å². The quantitative estimate of drug-likeness (QED) is 0.235. The monoisotopic (exact) mass is 302 g/mol. The summed E-state index contributed by atoms with van der Waals surface area (Å²) in [6, 6.07) is 0. The summed E-state index contributed by atoms with van der Waals surface area (Å²) in [7, 11) is 0. The summed E-state index contributed by atoms with van der Waals surface area (Å²) in [5.74, 6) is -0.107. The Morgan fingerprint density at radius 2 is 1.63 bits per heavy atom. The predicted octanol–water partition coefficient (Wildman–Crippen LogP) is -0.115. The molecule has 0 bridgehead atoms. The Labute approximate surface area is 123 Å². The number of thiocarbonyl (C=S) groups is 2. The number of carbonyl (C=O) groups excluding carboxylic acids is 1. The maximum absolute atomic E-state index is 10.9. The first-order valence-corrected chi connectivity index (χ1v) is 6.39. The van der Waals surface area contributed by atoms with E-state index < -0.39 is 0 Å². The number of hydrogen-bond acceptors (Lipinski definition) is 5. The van der Waals surface area contributed by atoms with E-state index in [4.69, 9.17) is 24.4 Å². The van der Waals surface area contributed by atoms with E-state index in [2.05, 4.69) is 31.7 Å². The van der Waals surface area contributed by atoms with Crippen LogP contribution in [0.5, 0.6) is 0 Å². The molecule has 9 heteroatoms. The topological polar surface area (TPSA) is 89.9 Å². The maximum Gasteiger partial charge on any atom is 0.187 e.